The normalized spacial score (nSPS) is 17.9. The lowest BCUT2D eigenvalue weighted by molar-refractivity contribution is 0.482. The summed E-state index contributed by atoms with van der Waals surface area (Å²) in [4.78, 5) is 0. The van der Waals surface area contributed by atoms with Crippen molar-refractivity contribution in [3.63, 3.8) is 0 Å². The van der Waals surface area contributed by atoms with Gasteiger partial charge in [-0.25, -0.2) is 0 Å². The summed E-state index contributed by atoms with van der Waals surface area (Å²) in [7, 11) is 0. The van der Waals surface area contributed by atoms with Crippen molar-refractivity contribution < 1.29 is 0 Å². The van der Waals surface area contributed by atoms with Crippen LogP contribution >= 0.6 is 34.4 Å². The fourth-order valence-electron chi connectivity index (χ4n) is 1.77. The largest absolute Gasteiger partial charge is 0.310 e. The van der Waals surface area contributed by atoms with E-state index in [1.165, 1.54) is 33.5 Å². The lowest BCUT2D eigenvalue weighted by Gasteiger charge is -2.22. The molecule has 0 saturated carbocycles. The zero-order chi connectivity index (χ0) is 10.5. The van der Waals surface area contributed by atoms with E-state index >= 15 is 0 Å². The van der Waals surface area contributed by atoms with E-state index in [9.17, 15) is 0 Å². The maximum Gasteiger partial charge on any atom is 0.0208 e. The van der Waals surface area contributed by atoms with Crippen LogP contribution in [0.5, 0.6) is 0 Å². The second-order valence-corrected chi connectivity index (χ2v) is 6.36. The molecule has 0 aromatic heterocycles. The Labute approximate surface area is 110 Å². The highest BCUT2D eigenvalue weighted by molar-refractivity contribution is 14.1. The quantitative estimate of drug-likeness (QED) is 0.852. The first-order valence-corrected chi connectivity index (χ1v) is 7.63. The molecule has 1 heterocycles. The van der Waals surface area contributed by atoms with E-state index in [0.29, 0.717) is 0 Å². The zero-order valence-corrected chi connectivity index (χ0v) is 11.7. The Balaban J connectivity index is 1.79. The lowest BCUT2D eigenvalue weighted by Crippen LogP contribution is -2.31. The summed E-state index contributed by atoms with van der Waals surface area (Å²) in [6.07, 6.45) is 2.66. The van der Waals surface area contributed by atoms with E-state index in [1.807, 2.05) is 0 Å². The molecule has 2 rings (SSSR count). The Bertz CT molecular complexity index is 293. The summed E-state index contributed by atoms with van der Waals surface area (Å²) in [6.45, 7) is 1.02. The number of nitrogens with one attached hydrogen (secondary N) is 1. The Kier molecular flexibility index (Phi) is 4.78. The fraction of sp³-hybridized carbons (Fsp3) is 0.500. The van der Waals surface area contributed by atoms with Gasteiger partial charge in [0.25, 0.3) is 0 Å². The van der Waals surface area contributed by atoms with Crippen LogP contribution in [0.15, 0.2) is 24.3 Å². The summed E-state index contributed by atoms with van der Waals surface area (Å²) in [5.74, 6) is 2.65. The van der Waals surface area contributed by atoms with Gasteiger partial charge in [-0.3, -0.25) is 0 Å². The molecule has 1 aromatic carbocycles. The van der Waals surface area contributed by atoms with Crippen LogP contribution in [0.2, 0.25) is 0 Å². The Morgan fingerprint density at radius 2 is 1.87 bits per heavy atom. The molecule has 1 aliphatic heterocycles. The highest BCUT2D eigenvalue weighted by atomic mass is 127. The van der Waals surface area contributed by atoms with E-state index in [4.69, 9.17) is 0 Å². The predicted molar refractivity (Wildman–Crippen MR) is 76.3 cm³/mol. The molecule has 0 atom stereocenters. The Morgan fingerprint density at radius 1 is 1.20 bits per heavy atom. The van der Waals surface area contributed by atoms with Crippen LogP contribution in [0.3, 0.4) is 0 Å². The van der Waals surface area contributed by atoms with E-state index in [2.05, 4.69) is 63.9 Å². The molecule has 1 N–H and O–H groups in total. The van der Waals surface area contributed by atoms with Crippen molar-refractivity contribution in [3.8, 4) is 0 Å². The Hall–Kier alpha value is 0.260. The minimum absolute atomic E-state index is 0.741. The van der Waals surface area contributed by atoms with Gasteiger partial charge in [0.2, 0.25) is 0 Å². The first-order valence-electron chi connectivity index (χ1n) is 5.40. The molecule has 1 aliphatic rings. The minimum Gasteiger partial charge on any atom is -0.310 e. The van der Waals surface area contributed by atoms with E-state index < -0.39 is 0 Å². The van der Waals surface area contributed by atoms with Gasteiger partial charge in [0.15, 0.2) is 0 Å². The first kappa shape index (κ1) is 11.7. The van der Waals surface area contributed by atoms with Crippen molar-refractivity contribution in [2.45, 2.75) is 25.4 Å². The average molecular weight is 333 g/mol. The van der Waals surface area contributed by atoms with Crippen LogP contribution in [0.1, 0.15) is 18.4 Å². The van der Waals surface area contributed by atoms with Crippen LogP contribution in [0.4, 0.5) is 0 Å². The maximum atomic E-state index is 3.64. The van der Waals surface area contributed by atoms with Gasteiger partial charge < -0.3 is 5.32 Å². The van der Waals surface area contributed by atoms with E-state index in [1.54, 1.807) is 0 Å². The fourth-order valence-corrected chi connectivity index (χ4v) is 3.23. The van der Waals surface area contributed by atoms with Gasteiger partial charge in [-0.1, -0.05) is 12.1 Å². The topological polar surface area (TPSA) is 12.0 Å². The van der Waals surface area contributed by atoms with Crippen molar-refractivity contribution in [3.05, 3.63) is 33.4 Å². The summed E-state index contributed by atoms with van der Waals surface area (Å²) in [5.41, 5.74) is 1.40. The predicted octanol–water partition coefficient (Wildman–Crippen LogP) is 3.28. The summed E-state index contributed by atoms with van der Waals surface area (Å²) in [6, 6.07) is 9.52. The lowest BCUT2D eigenvalue weighted by atomic mass is 10.1. The van der Waals surface area contributed by atoms with Gasteiger partial charge in [-0.05, 0) is 64.6 Å². The third kappa shape index (κ3) is 3.96. The second kappa shape index (κ2) is 6.11. The molecule has 1 fully saturated rings. The van der Waals surface area contributed by atoms with Gasteiger partial charge >= 0.3 is 0 Å². The molecule has 0 spiro atoms. The molecule has 1 aromatic rings. The Morgan fingerprint density at radius 3 is 2.53 bits per heavy atom. The standard InChI is InChI=1S/C12H16INS/c13-11-3-1-10(2-4-11)9-14-12-5-7-15-8-6-12/h1-4,12,14H,5-9H2. The van der Waals surface area contributed by atoms with Crippen LogP contribution in [-0.4, -0.2) is 17.5 Å². The highest BCUT2D eigenvalue weighted by Gasteiger charge is 2.12. The molecule has 0 unspecified atom stereocenters. The monoisotopic (exact) mass is 333 g/mol. The SMILES string of the molecule is Ic1ccc(CNC2CCSCC2)cc1. The smallest absolute Gasteiger partial charge is 0.0208 e. The molecule has 1 nitrogen and oxygen atoms in total. The third-order valence-corrected chi connectivity index (χ3v) is 4.50. The number of hydrogen-bond donors (Lipinski definition) is 1. The van der Waals surface area contributed by atoms with Gasteiger partial charge in [0.05, 0.1) is 0 Å². The molecule has 3 heteroatoms. The van der Waals surface area contributed by atoms with Gasteiger partial charge in [-0.2, -0.15) is 11.8 Å². The van der Waals surface area contributed by atoms with Crippen LogP contribution in [-0.2, 0) is 6.54 Å². The van der Waals surface area contributed by atoms with E-state index in [0.717, 1.165) is 12.6 Å². The van der Waals surface area contributed by atoms with Crippen LogP contribution in [0, 0.1) is 3.57 Å². The highest BCUT2D eigenvalue weighted by Crippen LogP contribution is 2.17. The van der Waals surface area contributed by atoms with Crippen LogP contribution in [0.25, 0.3) is 0 Å². The molecule has 1 saturated heterocycles. The minimum atomic E-state index is 0.741. The third-order valence-electron chi connectivity index (χ3n) is 2.73. The second-order valence-electron chi connectivity index (χ2n) is 3.89. The van der Waals surface area contributed by atoms with Gasteiger partial charge in [0, 0.05) is 16.2 Å². The van der Waals surface area contributed by atoms with Crippen molar-refractivity contribution in [2.24, 2.45) is 0 Å². The first-order chi connectivity index (χ1) is 7.34. The molecule has 0 aliphatic carbocycles. The molecule has 0 bridgehead atoms. The van der Waals surface area contributed by atoms with Crippen molar-refractivity contribution >= 4 is 34.4 Å². The molecule has 82 valence electrons. The zero-order valence-electron chi connectivity index (χ0n) is 8.71. The number of thioether (sulfide) groups is 1. The molecule has 0 amide bonds. The van der Waals surface area contributed by atoms with Crippen molar-refractivity contribution in [1.82, 2.24) is 5.32 Å². The average Bonchev–Trinajstić information content (AvgIpc) is 2.30. The van der Waals surface area contributed by atoms with Crippen molar-refractivity contribution in [1.29, 1.82) is 0 Å². The number of benzene rings is 1. The maximum absolute atomic E-state index is 3.64. The molecule has 0 radical (unpaired) electrons. The summed E-state index contributed by atoms with van der Waals surface area (Å²) >= 11 is 4.43. The van der Waals surface area contributed by atoms with Gasteiger partial charge in [0.1, 0.15) is 0 Å². The van der Waals surface area contributed by atoms with Crippen molar-refractivity contribution in [2.75, 3.05) is 11.5 Å². The number of rotatable bonds is 3. The molecule has 15 heavy (non-hydrogen) atoms. The van der Waals surface area contributed by atoms with Gasteiger partial charge in [-0.15, -0.1) is 0 Å². The van der Waals surface area contributed by atoms with E-state index in [-0.39, 0.29) is 0 Å². The molecular weight excluding hydrogens is 317 g/mol. The van der Waals surface area contributed by atoms with Crippen LogP contribution < -0.4 is 5.32 Å². The molecular formula is C12H16INS. The summed E-state index contributed by atoms with van der Waals surface area (Å²) < 4.78 is 1.31. The number of halogens is 1. The number of hydrogen-bond acceptors (Lipinski definition) is 2. The summed E-state index contributed by atoms with van der Waals surface area (Å²) in [5, 5.41) is 3.64.